The number of thioether (sulfide) groups is 1. The summed E-state index contributed by atoms with van der Waals surface area (Å²) in [7, 11) is 0. The Bertz CT molecular complexity index is 345. The molecule has 0 radical (unpaired) electrons. The van der Waals surface area contributed by atoms with Crippen molar-refractivity contribution in [2.45, 2.75) is 11.9 Å². The summed E-state index contributed by atoms with van der Waals surface area (Å²) in [5.41, 5.74) is 8.45. The molecule has 0 bridgehead atoms. The van der Waals surface area contributed by atoms with Gasteiger partial charge in [0.2, 0.25) is 5.91 Å². The van der Waals surface area contributed by atoms with E-state index in [1.807, 2.05) is 0 Å². The smallest absolute Gasteiger partial charge is 0.237 e. The first kappa shape index (κ1) is 11.8. The number of hydrogen-bond acceptors (Lipinski definition) is 5. The number of nitrogens with one attached hydrogen (secondary N) is 1. The Morgan fingerprint density at radius 2 is 2.47 bits per heavy atom. The zero-order valence-corrected chi connectivity index (χ0v) is 9.25. The number of nitrogens with zero attached hydrogens (tertiary/aromatic N) is 1. The molecule has 1 unspecified atom stereocenters. The molecule has 1 amide bonds. The molecular weight excluding hydrogens is 212 g/mol. The van der Waals surface area contributed by atoms with Crippen molar-refractivity contribution in [1.29, 1.82) is 0 Å². The van der Waals surface area contributed by atoms with E-state index in [2.05, 4.69) is 10.4 Å². The van der Waals surface area contributed by atoms with Crippen molar-refractivity contribution in [3.8, 4) is 0 Å². The van der Waals surface area contributed by atoms with Crippen molar-refractivity contribution in [3.05, 3.63) is 18.3 Å². The van der Waals surface area contributed by atoms with Gasteiger partial charge in [0.25, 0.3) is 0 Å². The molecule has 1 heterocycles. The van der Waals surface area contributed by atoms with E-state index < -0.39 is 0 Å². The predicted octanol–water partition coefficient (Wildman–Crippen LogP) is 0.382. The van der Waals surface area contributed by atoms with E-state index in [9.17, 15) is 4.79 Å². The Morgan fingerprint density at radius 1 is 1.73 bits per heavy atom. The summed E-state index contributed by atoms with van der Waals surface area (Å²) in [5, 5.41) is 0.745. The van der Waals surface area contributed by atoms with Crippen molar-refractivity contribution in [2.75, 3.05) is 11.5 Å². The summed E-state index contributed by atoms with van der Waals surface area (Å²) in [6.07, 6.45) is 1.67. The van der Waals surface area contributed by atoms with Gasteiger partial charge in [-0.25, -0.2) is 10.8 Å². The highest BCUT2D eigenvalue weighted by atomic mass is 32.2. The van der Waals surface area contributed by atoms with E-state index in [1.54, 1.807) is 25.3 Å². The van der Waals surface area contributed by atoms with Gasteiger partial charge >= 0.3 is 0 Å². The second-order valence-electron chi connectivity index (χ2n) is 3.12. The lowest BCUT2D eigenvalue weighted by Gasteiger charge is -2.09. The molecule has 1 atom stereocenters. The topological polar surface area (TPSA) is 94.0 Å². The van der Waals surface area contributed by atoms with Crippen LogP contribution in [-0.4, -0.2) is 16.6 Å². The summed E-state index contributed by atoms with van der Waals surface area (Å²) in [4.78, 5) is 15.2. The molecule has 0 aliphatic heterocycles. The molecular formula is C9H14N4OS. The van der Waals surface area contributed by atoms with E-state index in [-0.39, 0.29) is 11.8 Å². The zero-order valence-electron chi connectivity index (χ0n) is 8.43. The first-order valence-electron chi connectivity index (χ1n) is 4.49. The molecule has 0 aliphatic rings. The summed E-state index contributed by atoms with van der Waals surface area (Å²) >= 11 is 1.45. The van der Waals surface area contributed by atoms with Crippen molar-refractivity contribution in [1.82, 2.24) is 10.4 Å². The second-order valence-corrected chi connectivity index (χ2v) is 4.13. The molecule has 1 rings (SSSR count). The van der Waals surface area contributed by atoms with E-state index in [4.69, 9.17) is 11.6 Å². The molecule has 0 aliphatic carbocycles. The molecule has 0 saturated heterocycles. The zero-order chi connectivity index (χ0) is 11.3. The second kappa shape index (κ2) is 5.57. The standard InChI is InChI=1S/C9H14N4OS/c1-6(8(14)13-11)5-15-9-7(10)3-2-4-12-9/h2-4,6H,5,10-11H2,1H3,(H,13,14). The minimum Gasteiger partial charge on any atom is -0.397 e. The van der Waals surface area contributed by atoms with Gasteiger partial charge in [0.1, 0.15) is 5.03 Å². The molecule has 6 heteroatoms. The van der Waals surface area contributed by atoms with E-state index in [1.165, 1.54) is 11.8 Å². The normalized spacial score (nSPS) is 12.1. The molecule has 5 nitrogen and oxygen atoms in total. The fourth-order valence-corrected chi connectivity index (χ4v) is 1.88. The van der Waals surface area contributed by atoms with Gasteiger partial charge in [-0.2, -0.15) is 0 Å². The maximum absolute atomic E-state index is 11.1. The molecule has 82 valence electrons. The summed E-state index contributed by atoms with van der Waals surface area (Å²) in [5.74, 6) is 5.28. The monoisotopic (exact) mass is 226 g/mol. The number of carbonyl (C=O) groups is 1. The Balaban J connectivity index is 2.50. The molecule has 5 N–H and O–H groups in total. The number of hydrogen-bond donors (Lipinski definition) is 3. The van der Waals surface area contributed by atoms with Crippen LogP contribution in [0.2, 0.25) is 0 Å². The molecule has 1 aromatic heterocycles. The van der Waals surface area contributed by atoms with Gasteiger partial charge in [0.15, 0.2) is 0 Å². The van der Waals surface area contributed by atoms with Crippen LogP contribution in [0.4, 0.5) is 5.69 Å². The maximum atomic E-state index is 11.1. The third-order valence-electron chi connectivity index (χ3n) is 1.86. The van der Waals surface area contributed by atoms with Gasteiger partial charge in [-0.3, -0.25) is 10.2 Å². The van der Waals surface area contributed by atoms with Gasteiger partial charge in [0, 0.05) is 17.9 Å². The van der Waals surface area contributed by atoms with Crippen molar-refractivity contribution < 1.29 is 4.79 Å². The molecule has 0 aromatic carbocycles. The first-order valence-corrected chi connectivity index (χ1v) is 5.47. The molecule has 0 spiro atoms. The fraction of sp³-hybridized carbons (Fsp3) is 0.333. The number of nitrogen functional groups attached to an aromatic ring is 1. The van der Waals surface area contributed by atoms with Gasteiger partial charge in [-0.05, 0) is 12.1 Å². The number of anilines is 1. The Hall–Kier alpha value is -1.27. The molecule has 1 aromatic rings. The predicted molar refractivity (Wildman–Crippen MR) is 60.9 cm³/mol. The number of carbonyl (C=O) groups excluding carboxylic acids is 1. The quantitative estimate of drug-likeness (QED) is 0.299. The van der Waals surface area contributed by atoms with Gasteiger partial charge in [-0.1, -0.05) is 6.92 Å². The Morgan fingerprint density at radius 3 is 3.07 bits per heavy atom. The van der Waals surface area contributed by atoms with E-state index in [0.717, 1.165) is 5.03 Å². The van der Waals surface area contributed by atoms with Crippen LogP contribution < -0.4 is 17.0 Å². The minimum absolute atomic E-state index is 0.165. The summed E-state index contributed by atoms with van der Waals surface area (Å²) in [6, 6.07) is 3.55. The molecule has 0 saturated carbocycles. The molecule has 0 fully saturated rings. The average Bonchev–Trinajstić information content (AvgIpc) is 2.26. The average molecular weight is 226 g/mol. The van der Waals surface area contributed by atoms with Crippen LogP contribution in [0.3, 0.4) is 0 Å². The van der Waals surface area contributed by atoms with Crippen LogP contribution in [0.5, 0.6) is 0 Å². The van der Waals surface area contributed by atoms with Crippen molar-refractivity contribution in [2.24, 2.45) is 11.8 Å². The van der Waals surface area contributed by atoms with Gasteiger partial charge in [-0.15, -0.1) is 11.8 Å². The lowest BCUT2D eigenvalue weighted by Crippen LogP contribution is -2.35. The third-order valence-corrected chi connectivity index (χ3v) is 3.14. The van der Waals surface area contributed by atoms with Crippen molar-refractivity contribution in [3.63, 3.8) is 0 Å². The number of rotatable bonds is 4. The lowest BCUT2D eigenvalue weighted by atomic mass is 10.2. The highest BCUT2D eigenvalue weighted by molar-refractivity contribution is 7.99. The van der Waals surface area contributed by atoms with Crippen LogP contribution in [0.25, 0.3) is 0 Å². The van der Waals surface area contributed by atoms with E-state index >= 15 is 0 Å². The SMILES string of the molecule is CC(CSc1ncccc1N)C(=O)NN. The molecule has 15 heavy (non-hydrogen) atoms. The Kier molecular flexibility index (Phi) is 4.38. The number of pyridine rings is 1. The fourth-order valence-electron chi connectivity index (χ4n) is 0.946. The maximum Gasteiger partial charge on any atom is 0.237 e. The number of amides is 1. The van der Waals surface area contributed by atoms with Crippen LogP contribution in [-0.2, 0) is 4.79 Å². The van der Waals surface area contributed by atoms with Crippen LogP contribution in [0, 0.1) is 5.92 Å². The highest BCUT2D eigenvalue weighted by Crippen LogP contribution is 2.23. The summed E-state index contributed by atoms with van der Waals surface area (Å²) in [6.45, 7) is 1.80. The van der Waals surface area contributed by atoms with Gasteiger partial charge < -0.3 is 5.73 Å². The third kappa shape index (κ3) is 3.41. The van der Waals surface area contributed by atoms with E-state index in [0.29, 0.717) is 11.4 Å². The lowest BCUT2D eigenvalue weighted by molar-refractivity contribution is -0.123. The van der Waals surface area contributed by atoms with Crippen LogP contribution in [0.1, 0.15) is 6.92 Å². The highest BCUT2D eigenvalue weighted by Gasteiger charge is 2.12. The first-order chi connectivity index (χ1) is 7.15. The number of hydrazine groups is 1. The van der Waals surface area contributed by atoms with Gasteiger partial charge in [0.05, 0.1) is 5.69 Å². The van der Waals surface area contributed by atoms with Crippen LogP contribution >= 0.6 is 11.8 Å². The number of nitrogens with two attached hydrogens (primary N) is 2. The Labute approximate surface area is 92.6 Å². The summed E-state index contributed by atoms with van der Waals surface area (Å²) < 4.78 is 0. The largest absolute Gasteiger partial charge is 0.397 e. The van der Waals surface area contributed by atoms with Crippen molar-refractivity contribution >= 4 is 23.4 Å². The number of aromatic nitrogens is 1. The van der Waals surface area contributed by atoms with Crippen LogP contribution in [0.15, 0.2) is 23.4 Å². The minimum atomic E-state index is -0.183.